The highest BCUT2D eigenvalue weighted by Crippen LogP contribution is 2.22. The van der Waals surface area contributed by atoms with Crippen molar-refractivity contribution in [2.24, 2.45) is 7.05 Å². The van der Waals surface area contributed by atoms with E-state index in [2.05, 4.69) is 15.5 Å². The first-order chi connectivity index (χ1) is 13.5. The lowest BCUT2D eigenvalue weighted by molar-refractivity contribution is -0.136. The second-order valence-electron chi connectivity index (χ2n) is 6.83. The molecule has 1 atom stereocenters. The highest BCUT2D eigenvalue weighted by atomic mass is 35.5. The molecule has 0 aliphatic carbocycles. The molecule has 2 aromatic rings. The number of aromatic nitrogens is 1. The van der Waals surface area contributed by atoms with E-state index >= 15 is 0 Å². The Bertz CT molecular complexity index is 846. The minimum absolute atomic E-state index is 0.0337. The Balaban J connectivity index is 1.65. The quantitative estimate of drug-likeness (QED) is 0.748. The molecule has 1 saturated heterocycles. The number of carbonyl (C=O) groups is 2. The van der Waals surface area contributed by atoms with E-state index in [-0.39, 0.29) is 6.04 Å². The number of carbonyl (C=O) groups excluding carboxylic acids is 2. The first-order valence-electron chi connectivity index (χ1n) is 9.24. The number of nitrogens with one attached hydrogen (secondary N) is 2. The maximum absolute atomic E-state index is 12.4. The van der Waals surface area contributed by atoms with E-state index in [1.165, 1.54) is 0 Å². The first-order valence-corrected chi connectivity index (χ1v) is 9.62. The van der Waals surface area contributed by atoms with Gasteiger partial charge in [0.25, 0.3) is 0 Å². The molecule has 2 amide bonds. The van der Waals surface area contributed by atoms with Crippen LogP contribution in [0.25, 0.3) is 0 Å². The van der Waals surface area contributed by atoms with Crippen LogP contribution in [0.2, 0.25) is 5.02 Å². The first kappa shape index (κ1) is 20.4. The zero-order valence-corrected chi connectivity index (χ0v) is 16.8. The summed E-state index contributed by atoms with van der Waals surface area (Å²) in [6, 6.07) is 9.12. The molecule has 0 saturated carbocycles. The Morgan fingerprint density at radius 1 is 1.21 bits per heavy atom. The van der Waals surface area contributed by atoms with Gasteiger partial charge in [-0.15, -0.1) is 0 Å². The van der Waals surface area contributed by atoms with E-state index in [0.717, 1.165) is 24.3 Å². The molecular formula is C20H25ClN4O3. The number of aryl methyl sites for hydroxylation is 2. The lowest BCUT2D eigenvalue weighted by Crippen LogP contribution is -2.46. The normalized spacial score (nSPS) is 15.8. The summed E-state index contributed by atoms with van der Waals surface area (Å²) in [4.78, 5) is 27.0. The predicted octanol–water partition coefficient (Wildman–Crippen LogP) is 2.12. The lowest BCUT2D eigenvalue weighted by Gasteiger charge is -2.34. The highest BCUT2D eigenvalue weighted by Gasteiger charge is 2.26. The monoisotopic (exact) mass is 404 g/mol. The molecule has 0 bridgehead atoms. The molecule has 1 aliphatic rings. The molecule has 3 rings (SSSR count). The van der Waals surface area contributed by atoms with Crippen LogP contribution in [0.1, 0.15) is 17.3 Å². The van der Waals surface area contributed by atoms with Crippen LogP contribution in [0.4, 0.5) is 5.69 Å². The third kappa shape index (κ3) is 4.92. The average Bonchev–Trinajstić information content (AvgIpc) is 3.11. The van der Waals surface area contributed by atoms with Crippen LogP contribution in [0.5, 0.6) is 0 Å². The third-order valence-corrected chi connectivity index (χ3v) is 5.16. The van der Waals surface area contributed by atoms with Crippen LogP contribution in [-0.4, -0.2) is 54.1 Å². The number of amides is 2. The summed E-state index contributed by atoms with van der Waals surface area (Å²) in [5.41, 5.74) is 2.44. The number of nitrogens with zero attached hydrogens (tertiary/aromatic N) is 2. The van der Waals surface area contributed by atoms with Crippen molar-refractivity contribution in [3.05, 3.63) is 52.8 Å². The summed E-state index contributed by atoms with van der Waals surface area (Å²) < 4.78 is 7.47. The van der Waals surface area contributed by atoms with Crippen molar-refractivity contribution in [3.8, 4) is 0 Å². The zero-order valence-electron chi connectivity index (χ0n) is 16.1. The second kappa shape index (κ2) is 9.23. The number of benzene rings is 1. The van der Waals surface area contributed by atoms with Gasteiger partial charge in [0.05, 0.1) is 19.3 Å². The number of hydrogen-bond donors (Lipinski definition) is 2. The molecule has 0 radical (unpaired) electrons. The van der Waals surface area contributed by atoms with Gasteiger partial charge in [0.1, 0.15) is 0 Å². The molecule has 8 heteroatoms. The van der Waals surface area contributed by atoms with E-state index in [0.29, 0.717) is 30.5 Å². The van der Waals surface area contributed by atoms with Gasteiger partial charge in [0.2, 0.25) is 0 Å². The van der Waals surface area contributed by atoms with E-state index < -0.39 is 11.8 Å². The van der Waals surface area contributed by atoms with E-state index in [1.807, 2.05) is 36.9 Å². The molecule has 1 aliphatic heterocycles. The van der Waals surface area contributed by atoms with Crippen molar-refractivity contribution in [3.63, 3.8) is 0 Å². The van der Waals surface area contributed by atoms with Gasteiger partial charge in [-0.05, 0) is 36.8 Å². The Labute approximate surface area is 169 Å². The summed E-state index contributed by atoms with van der Waals surface area (Å²) in [7, 11) is 1.97. The summed E-state index contributed by atoms with van der Waals surface area (Å²) in [5, 5.41) is 5.89. The van der Waals surface area contributed by atoms with Crippen molar-refractivity contribution in [1.82, 2.24) is 14.8 Å². The van der Waals surface area contributed by atoms with Crippen LogP contribution >= 0.6 is 11.6 Å². The molecule has 1 fully saturated rings. The van der Waals surface area contributed by atoms with E-state index in [4.69, 9.17) is 16.3 Å². The summed E-state index contributed by atoms with van der Waals surface area (Å²) >= 11 is 5.97. The highest BCUT2D eigenvalue weighted by molar-refractivity contribution is 6.40. The molecule has 0 spiro atoms. The minimum atomic E-state index is -0.710. The van der Waals surface area contributed by atoms with Crippen molar-refractivity contribution in [2.45, 2.75) is 13.0 Å². The maximum atomic E-state index is 12.4. The Kier molecular flexibility index (Phi) is 6.72. The molecule has 2 heterocycles. The number of halogens is 1. The fraction of sp³-hybridized carbons (Fsp3) is 0.400. The topological polar surface area (TPSA) is 75.6 Å². The molecule has 1 unspecified atom stereocenters. The van der Waals surface area contributed by atoms with Gasteiger partial charge in [-0.1, -0.05) is 17.7 Å². The summed E-state index contributed by atoms with van der Waals surface area (Å²) in [6.45, 7) is 5.04. The maximum Gasteiger partial charge on any atom is 0.313 e. The fourth-order valence-corrected chi connectivity index (χ4v) is 3.48. The number of ether oxygens (including phenoxy) is 1. The molecular weight excluding hydrogens is 380 g/mol. The smallest absolute Gasteiger partial charge is 0.313 e. The van der Waals surface area contributed by atoms with Gasteiger partial charge in [-0.3, -0.25) is 14.5 Å². The Morgan fingerprint density at radius 3 is 2.64 bits per heavy atom. The van der Waals surface area contributed by atoms with Crippen molar-refractivity contribution >= 4 is 29.1 Å². The van der Waals surface area contributed by atoms with Crippen LogP contribution in [0.15, 0.2) is 36.5 Å². The lowest BCUT2D eigenvalue weighted by atomic mass is 10.1. The third-order valence-electron chi connectivity index (χ3n) is 4.92. The van der Waals surface area contributed by atoms with Gasteiger partial charge < -0.3 is 19.9 Å². The molecule has 28 heavy (non-hydrogen) atoms. The van der Waals surface area contributed by atoms with Gasteiger partial charge >= 0.3 is 11.8 Å². The van der Waals surface area contributed by atoms with Crippen molar-refractivity contribution < 1.29 is 14.3 Å². The van der Waals surface area contributed by atoms with Gasteiger partial charge in [-0.25, -0.2) is 0 Å². The molecule has 7 nitrogen and oxygen atoms in total. The second-order valence-corrected chi connectivity index (χ2v) is 7.27. The van der Waals surface area contributed by atoms with Crippen LogP contribution < -0.4 is 10.6 Å². The van der Waals surface area contributed by atoms with Crippen LogP contribution in [0, 0.1) is 6.92 Å². The van der Waals surface area contributed by atoms with Crippen molar-refractivity contribution in [2.75, 3.05) is 38.2 Å². The zero-order chi connectivity index (χ0) is 20.1. The average molecular weight is 405 g/mol. The minimum Gasteiger partial charge on any atom is -0.379 e. The molecule has 1 aromatic carbocycles. The molecule has 2 N–H and O–H groups in total. The summed E-state index contributed by atoms with van der Waals surface area (Å²) in [5.74, 6) is -1.38. The molecule has 1 aromatic heterocycles. The van der Waals surface area contributed by atoms with Crippen LogP contribution in [-0.2, 0) is 21.4 Å². The SMILES string of the molecule is Cc1ccc(Cl)cc1NC(=O)C(=O)NCC(c1cccn1C)N1CCOCC1. The van der Waals surface area contributed by atoms with Gasteiger partial charge in [0, 0.05) is 49.3 Å². The standard InChI is InChI=1S/C20H25ClN4O3/c1-14-5-6-15(21)12-16(14)23-20(27)19(26)22-13-18(17-4-3-7-24(17)2)25-8-10-28-11-9-25/h3-7,12,18H,8-11,13H2,1-2H3,(H,22,26)(H,23,27). The van der Waals surface area contributed by atoms with E-state index in [1.54, 1.807) is 18.2 Å². The fourth-order valence-electron chi connectivity index (χ4n) is 3.31. The predicted molar refractivity (Wildman–Crippen MR) is 108 cm³/mol. The number of anilines is 1. The Morgan fingerprint density at radius 2 is 1.96 bits per heavy atom. The largest absolute Gasteiger partial charge is 0.379 e. The van der Waals surface area contributed by atoms with Crippen molar-refractivity contribution in [1.29, 1.82) is 0 Å². The molecule has 150 valence electrons. The number of rotatable bonds is 5. The Hall–Kier alpha value is -2.35. The van der Waals surface area contributed by atoms with Crippen LogP contribution in [0.3, 0.4) is 0 Å². The van der Waals surface area contributed by atoms with Gasteiger partial charge in [0.15, 0.2) is 0 Å². The van der Waals surface area contributed by atoms with Gasteiger partial charge in [-0.2, -0.15) is 0 Å². The van der Waals surface area contributed by atoms with E-state index in [9.17, 15) is 9.59 Å². The summed E-state index contributed by atoms with van der Waals surface area (Å²) in [6.07, 6.45) is 1.97. The number of morpholine rings is 1. The number of hydrogen-bond acceptors (Lipinski definition) is 4.